The number of hydrogen-bond acceptors (Lipinski definition) is 3. The summed E-state index contributed by atoms with van der Waals surface area (Å²) < 4.78 is 4.87. The number of rotatable bonds is 3. The quantitative estimate of drug-likeness (QED) is 0.564. The van der Waals surface area contributed by atoms with E-state index in [9.17, 15) is 9.59 Å². The third-order valence-electron chi connectivity index (χ3n) is 1.99. The van der Waals surface area contributed by atoms with Crippen LogP contribution in [0.4, 0.5) is 0 Å². The maximum absolute atomic E-state index is 11.6. The van der Waals surface area contributed by atoms with E-state index in [1.54, 1.807) is 36.4 Å². The molecule has 1 aromatic heterocycles. The van der Waals surface area contributed by atoms with E-state index in [4.69, 9.17) is 4.42 Å². The van der Waals surface area contributed by atoms with E-state index in [0.29, 0.717) is 5.56 Å². The average molecular weight is 200 g/mol. The Balaban J connectivity index is 2.27. The van der Waals surface area contributed by atoms with Crippen molar-refractivity contribution in [1.29, 1.82) is 0 Å². The van der Waals surface area contributed by atoms with Crippen molar-refractivity contribution in [2.24, 2.45) is 0 Å². The highest BCUT2D eigenvalue weighted by molar-refractivity contribution is 6.48. The van der Waals surface area contributed by atoms with Crippen LogP contribution >= 0.6 is 0 Å². The van der Waals surface area contributed by atoms with Gasteiger partial charge in [-0.1, -0.05) is 30.3 Å². The SMILES string of the molecule is O=C(C(=O)c1ccco1)c1ccccc1. The van der Waals surface area contributed by atoms with Crippen LogP contribution in [0.2, 0.25) is 0 Å². The van der Waals surface area contributed by atoms with Crippen LogP contribution in [0.3, 0.4) is 0 Å². The molecule has 0 N–H and O–H groups in total. The van der Waals surface area contributed by atoms with Crippen molar-refractivity contribution in [3.63, 3.8) is 0 Å². The van der Waals surface area contributed by atoms with Gasteiger partial charge in [0.1, 0.15) is 0 Å². The molecule has 3 heteroatoms. The lowest BCUT2D eigenvalue weighted by Crippen LogP contribution is -2.13. The molecule has 3 nitrogen and oxygen atoms in total. The van der Waals surface area contributed by atoms with Crippen LogP contribution in [-0.2, 0) is 0 Å². The Morgan fingerprint density at radius 2 is 1.60 bits per heavy atom. The molecule has 0 amide bonds. The summed E-state index contributed by atoms with van der Waals surface area (Å²) in [6.07, 6.45) is 1.37. The first kappa shape index (κ1) is 9.40. The second-order valence-corrected chi connectivity index (χ2v) is 3.00. The first-order valence-corrected chi connectivity index (χ1v) is 4.46. The Morgan fingerprint density at radius 1 is 0.867 bits per heavy atom. The zero-order chi connectivity index (χ0) is 10.7. The number of carbonyl (C=O) groups is 2. The molecule has 15 heavy (non-hydrogen) atoms. The normalized spacial score (nSPS) is 9.87. The fourth-order valence-corrected chi connectivity index (χ4v) is 1.24. The van der Waals surface area contributed by atoms with E-state index in [1.807, 2.05) is 0 Å². The van der Waals surface area contributed by atoms with E-state index in [-0.39, 0.29) is 5.76 Å². The minimum absolute atomic E-state index is 0.0730. The van der Waals surface area contributed by atoms with Crippen molar-refractivity contribution in [1.82, 2.24) is 0 Å². The summed E-state index contributed by atoms with van der Waals surface area (Å²) >= 11 is 0. The monoisotopic (exact) mass is 200 g/mol. The molecule has 0 fully saturated rings. The highest BCUT2D eigenvalue weighted by Gasteiger charge is 2.19. The van der Waals surface area contributed by atoms with Crippen molar-refractivity contribution < 1.29 is 14.0 Å². The Kier molecular flexibility index (Phi) is 2.46. The first-order valence-electron chi connectivity index (χ1n) is 4.46. The van der Waals surface area contributed by atoms with Gasteiger partial charge in [0.05, 0.1) is 6.26 Å². The van der Waals surface area contributed by atoms with Gasteiger partial charge in [0.25, 0.3) is 5.78 Å². The predicted octanol–water partition coefficient (Wildman–Crippen LogP) is 2.35. The van der Waals surface area contributed by atoms with Crippen LogP contribution in [-0.4, -0.2) is 11.6 Å². The predicted molar refractivity (Wildman–Crippen MR) is 53.8 cm³/mol. The van der Waals surface area contributed by atoms with Gasteiger partial charge in [0.15, 0.2) is 5.76 Å². The maximum atomic E-state index is 11.6. The van der Waals surface area contributed by atoms with Gasteiger partial charge in [0, 0.05) is 5.56 Å². The number of furan rings is 1. The minimum Gasteiger partial charge on any atom is -0.461 e. The van der Waals surface area contributed by atoms with Crippen molar-refractivity contribution in [2.75, 3.05) is 0 Å². The molecule has 0 aliphatic heterocycles. The largest absolute Gasteiger partial charge is 0.461 e. The number of carbonyl (C=O) groups excluding carboxylic acids is 2. The summed E-state index contributed by atoms with van der Waals surface area (Å²) in [5.41, 5.74) is 0.374. The molecule has 0 saturated carbocycles. The van der Waals surface area contributed by atoms with Gasteiger partial charge in [-0.3, -0.25) is 9.59 Å². The zero-order valence-electron chi connectivity index (χ0n) is 7.84. The van der Waals surface area contributed by atoms with Gasteiger partial charge in [0.2, 0.25) is 5.78 Å². The van der Waals surface area contributed by atoms with Gasteiger partial charge in [-0.25, -0.2) is 0 Å². The molecular formula is C12H8O3. The Hall–Kier alpha value is -2.16. The smallest absolute Gasteiger partial charge is 0.268 e. The van der Waals surface area contributed by atoms with E-state index in [0.717, 1.165) is 0 Å². The van der Waals surface area contributed by atoms with E-state index >= 15 is 0 Å². The van der Waals surface area contributed by atoms with Gasteiger partial charge < -0.3 is 4.42 Å². The van der Waals surface area contributed by atoms with Crippen molar-refractivity contribution in [3.05, 3.63) is 60.1 Å². The summed E-state index contributed by atoms with van der Waals surface area (Å²) in [6.45, 7) is 0. The van der Waals surface area contributed by atoms with Crippen LogP contribution in [0.1, 0.15) is 20.9 Å². The van der Waals surface area contributed by atoms with Crippen molar-refractivity contribution in [2.45, 2.75) is 0 Å². The Labute approximate surface area is 86.3 Å². The summed E-state index contributed by atoms with van der Waals surface area (Å²) in [6, 6.07) is 11.5. The van der Waals surface area contributed by atoms with Crippen LogP contribution in [0.15, 0.2) is 53.1 Å². The molecule has 0 unspecified atom stereocenters. The number of benzene rings is 1. The average Bonchev–Trinajstić information content (AvgIpc) is 2.82. The summed E-state index contributed by atoms with van der Waals surface area (Å²) in [7, 11) is 0. The molecule has 0 aliphatic rings. The molecule has 1 aromatic carbocycles. The van der Waals surface area contributed by atoms with Crippen LogP contribution < -0.4 is 0 Å². The molecule has 0 aliphatic carbocycles. The number of Topliss-reactive ketones (excluding diaryl/α,β-unsaturated/α-hetero) is 2. The summed E-state index contributed by atoms with van der Waals surface area (Å²) in [5.74, 6) is -1.10. The van der Waals surface area contributed by atoms with Gasteiger partial charge in [-0.2, -0.15) is 0 Å². The number of hydrogen-bond donors (Lipinski definition) is 0. The van der Waals surface area contributed by atoms with E-state index < -0.39 is 11.6 Å². The van der Waals surface area contributed by atoms with E-state index in [1.165, 1.54) is 12.3 Å². The molecule has 0 bridgehead atoms. The molecule has 0 atom stereocenters. The lowest BCUT2D eigenvalue weighted by atomic mass is 10.1. The molecular weight excluding hydrogens is 192 g/mol. The third-order valence-corrected chi connectivity index (χ3v) is 1.99. The first-order chi connectivity index (χ1) is 7.29. The van der Waals surface area contributed by atoms with Crippen molar-refractivity contribution in [3.8, 4) is 0 Å². The Morgan fingerprint density at radius 3 is 2.20 bits per heavy atom. The van der Waals surface area contributed by atoms with Crippen LogP contribution in [0.25, 0.3) is 0 Å². The summed E-state index contributed by atoms with van der Waals surface area (Å²) in [4.78, 5) is 23.2. The van der Waals surface area contributed by atoms with Crippen molar-refractivity contribution >= 4 is 11.6 Å². The van der Waals surface area contributed by atoms with E-state index in [2.05, 4.69) is 0 Å². The third kappa shape index (κ3) is 1.86. The Bertz CT molecular complexity index is 469. The molecule has 2 aromatic rings. The fraction of sp³-hybridized carbons (Fsp3) is 0. The minimum atomic E-state index is -0.619. The lowest BCUT2D eigenvalue weighted by molar-refractivity contribution is 0.0801. The molecule has 2 rings (SSSR count). The van der Waals surface area contributed by atoms with Gasteiger partial charge >= 0.3 is 0 Å². The van der Waals surface area contributed by atoms with Crippen LogP contribution in [0.5, 0.6) is 0 Å². The lowest BCUT2D eigenvalue weighted by Gasteiger charge is -1.96. The van der Waals surface area contributed by atoms with Crippen LogP contribution in [0, 0.1) is 0 Å². The topological polar surface area (TPSA) is 47.3 Å². The standard InChI is InChI=1S/C12H8O3/c13-11(9-5-2-1-3-6-9)12(14)10-7-4-8-15-10/h1-8H. The molecule has 0 spiro atoms. The zero-order valence-corrected chi connectivity index (χ0v) is 7.84. The van der Waals surface area contributed by atoms with Gasteiger partial charge in [-0.05, 0) is 12.1 Å². The molecule has 1 heterocycles. The molecule has 74 valence electrons. The molecule has 0 saturated heterocycles. The second-order valence-electron chi connectivity index (χ2n) is 3.00. The molecule has 0 radical (unpaired) electrons. The highest BCUT2D eigenvalue weighted by Crippen LogP contribution is 2.07. The maximum Gasteiger partial charge on any atom is 0.268 e. The van der Waals surface area contributed by atoms with Gasteiger partial charge in [-0.15, -0.1) is 0 Å². The second kappa shape index (κ2) is 3.92. The number of ketones is 2. The summed E-state index contributed by atoms with van der Waals surface area (Å²) in [5, 5.41) is 0. The highest BCUT2D eigenvalue weighted by atomic mass is 16.3. The fourth-order valence-electron chi connectivity index (χ4n) is 1.24.